The zero-order valence-electron chi connectivity index (χ0n) is 29.7. The lowest BCUT2D eigenvalue weighted by Gasteiger charge is -2.43. The van der Waals surface area contributed by atoms with E-state index in [-0.39, 0.29) is 22.0 Å². The van der Waals surface area contributed by atoms with Crippen molar-refractivity contribution in [2.45, 2.75) is 138 Å². The lowest BCUT2D eigenvalue weighted by molar-refractivity contribution is 0.0657. The van der Waals surface area contributed by atoms with Crippen molar-refractivity contribution in [2.75, 3.05) is 0 Å². The number of hydrogen-bond donors (Lipinski definition) is 0. The molecule has 0 aliphatic carbocycles. The smallest absolute Gasteiger partial charge is 0.192 e. The van der Waals surface area contributed by atoms with Crippen LogP contribution in [0.1, 0.15) is 122 Å². The molecule has 0 spiro atoms. The Morgan fingerprint density at radius 2 is 1.42 bits per heavy atom. The Morgan fingerprint density at radius 3 is 1.93 bits per heavy atom. The van der Waals surface area contributed by atoms with E-state index in [9.17, 15) is 0 Å². The van der Waals surface area contributed by atoms with Crippen molar-refractivity contribution < 1.29 is 8.84 Å². The van der Waals surface area contributed by atoms with E-state index in [1.165, 1.54) is 33.4 Å². The molecule has 2 aromatic carbocycles. The normalized spacial score (nSPS) is 14.1. The standard InChI is InChI=1S/C40H60O2Si/c1-14-17-18-34-23-25-36(41-34)35-24-22-33(28-30(35)5)40(15-2,16-3)32-21-19-31(29(4)27-32)20-26-37(38(6,7)8)42-43(12,13)39(9,10)11/h17-19,21-25,27-28,37H,14-16,20,26H2,1-13H3. The van der Waals surface area contributed by atoms with E-state index in [4.69, 9.17) is 8.84 Å². The van der Waals surface area contributed by atoms with Crippen molar-refractivity contribution in [3.8, 4) is 11.3 Å². The number of aryl methyl sites for hydroxylation is 3. The third kappa shape index (κ3) is 8.03. The van der Waals surface area contributed by atoms with Crippen LogP contribution in [-0.4, -0.2) is 14.4 Å². The van der Waals surface area contributed by atoms with Crippen LogP contribution in [0.2, 0.25) is 18.1 Å². The summed E-state index contributed by atoms with van der Waals surface area (Å²) in [5.74, 6) is 1.84. The van der Waals surface area contributed by atoms with Gasteiger partial charge < -0.3 is 8.84 Å². The summed E-state index contributed by atoms with van der Waals surface area (Å²) in [5.41, 5.74) is 8.14. The van der Waals surface area contributed by atoms with Crippen LogP contribution in [0, 0.1) is 19.3 Å². The molecule has 0 aliphatic heterocycles. The van der Waals surface area contributed by atoms with Gasteiger partial charge in [0.1, 0.15) is 11.5 Å². The maximum atomic E-state index is 7.00. The molecule has 236 valence electrons. The second kappa shape index (κ2) is 13.7. The van der Waals surface area contributed by atoms with Crippen molar-refractivity contribution in [1.29, 1.82) is 0 Å². The Balaban J connectivity index is 1.88. The summed E-state index contributed by atoms with van der Waals surface area (Å²) in [6.07, 6.45) is 9.64. The molecular weight excluding hydrogens is 541 g/mol. The van der Waals surface area contributed by atoms with Gasteiger partial charge in [-0.3, -0.25) is 0 Å². The molecule has 0 radical (unpaired) electrons. The third-order valence-corrected chi connectivity index (χ3v) is 14.7. The van der Waals surface area contributed by atoms with Crippen LogP contribution in [0.15, 0.2) is 59.0 Å². The van der Waals surface area contributed by atoms with E-state index >= 15 is 0 Å². The molecule has 3 heteroatoms. The molecule has 0 N–H and O–H groups in total. The number of rotatable bonds is 12. The van der Waals surface area contributed by atoms with Crippen molar-refractivity contribution in [3.63, 3.8) is 0 Å². The first-order valence-corrected chi connectivity index (χ1v) is 19.6. The second-order valence-corrected chi connectivity index (χ2v) is 20.0. The summed E-state index contributed by atoms with van der Waals surface area (Å²) in [7, 11) is -1.85. The van der Waals surface area contributed by atoms with Crippen LogP contribution in [-0.2, 0) is 16.3 Å². The Bertz CT molecular complexity index is 1370. The minimum atomic E-state index is -1.85. The predicted octanol–water partition coefficient (Wildman–Crippen LogP) is 12.5. The largest absolute Gasteiger partial charge is 0.457 e. The van der Waals surface area contributed by atoms with E-state index < -0.39 is 8.32 Å². The number of hydrogen-bond acceptors (Lipinski definition) is 2. The molecule has 43 heavy (non-hydrogen) atoms. The summed E-state index contributed by atoms with van der Waals surface area (Å²) in [5, 5.41) is 0.209. The SMILES string of the molecule is CCC=Cc1ccc(-c2ccc(C(CC)(CC)c3ccc(CCC(O[Si](C)(C)C(C)(C)C)C(C)(C)C)c(C)c3)cc2C)o1. The van der Waals surface area contributed by atoms with Gasteiger partial charge in [0, 0.05) is 11.0 Å². The molecule has 0 saturated heterocycles. The molecule has 1 unspecified atom stereocenters. The van der Waals surface area contributed by atoms with Gasteiger partial charge in [0.05, 0.1) is 6.10 Å². The fraction of sp³-hybridized carbons (Fsp3) is 0.550. The lowest BCUT2D eigenvalue weighted by Crippen LogP contribution is -2.47. The average molecular weight is 601 g/mol. The maximum absolute atomic E-state index is 7.00. The second-order valence-electron chi connectivity index (χ2n) is 15.2. The van der Waals surface area contributed by atoms with Crippen molar-refractivity contribution in [2.24, 2.45) is 5.41 Å². The van der Waals surface area contributed by atoms with Crippen molar-refractivity contribution in [3.05, 3.63) is 88.2 Å². The maximum Gasteiger partial charge on any atom is 0.192 e. The summed E-state index contributed by atoms with van der Waals surface area (Å²) in [6.45, 7) is 30.1. The van der Waals surface area contributed by atoms with E-state index in [0.717, 1.165) is 43.6 Å². The number of allylic oxidation sites excluding steroid dienone is 1. The van der Waals surface area contributed by atoms with Crippen LogP contribution < -0.4 is 0 Å². The molecular formula is C40H60O2Si. The van der Waals surface area contributed by atoms with Gasteiger partial charge in [0.15, 0.2) is 8.32 Å². The Morgan fingerprint density at radius 1 is 0.814 bits per heavy atom. The summed E-state index contributed by atoms with van der Waals surface area (Å²) >= 11 is 0. The first-order chi connectivity index (χ1) is 20.0. The first-order valence-electron chi connectivity index (χ1n) is 16.6. The number of furan rings is 1. The predicted molar refractivity (Wildman–Crippen MR) is 191 cm³/mol. The summed E-state index contributed by atoms with van der Waals surface area (Å²) in [6, 6.07) is 18.4. The van der Waals surface area contributed by atoms with Gasteiger partial charge in [-0.05, 0) is 116 Å². The zero-order chi connectivity index (χ0) is 32.2. The monoisotopic (exact) mass is 600 g/mol. The van der Waals surface area contributed by atoms with Gasteiger partial charge in [0.25, 0.3) is 0 Å². The zero-order valence-corrected chi connectivity index (χ0v) is 30.7. The van der Waals surface area contributed by atoms with Gasteiger partial charge >= 0.3 is 0 Å². The molecule has 3 rings (SSSR count). The minimum absolute atomic E-state index is 0.0237. The van der Waals surface area contributed by atoms with Crippen LogP contribution in [0.5, 0.6) is 0 Å². The van der Waals surface area contributed by atoms with E-state index in [1.54, 1.807) is 0 Å². The Labute approximate surface area is 265 Å². The van der Waals surface area contributed by atoms with E-state index in [2.05, 4.69) is 150 Å². The van der Waals surface area contributed by atoms with E-state index in [0.29, 0.717) is 0 Å². The molecule has 3 aromatic rings. The van der Waals surface area contributed by atoms with E-state index in [1.807, 2.05) is 0 Å². The quantitative estimate of drug-likeness (QED) is 0.193. The average Bonchev–Trinajstić information content (AvgIpc) is 3.39. The van der Waals surface area contributed by atoms with Crippen LogP contribution in [0.3, 0.4) is 0 Å². The minimum Gasteiger partial charge on any atom is -0.457 e. The molecule has 0 saturated carbocycles. The fourth-order valence-electron chi connectivity index (χ4n) is 6.05. The van der Waals surface area contributed by atoms with Crippen molar-refractivity contribution >= 4 is 14.4 Å². The van der Waals surface area contributed by atoms with Gasteiger partial charge in [-0.1, -0.05) is 105 Å². The molecule has 1 aromatic heterocycles. The summed E-state index contributed by atoms with van der Waals surface area (Å²) < 4.78 is 13.2. The van der Waals surface area contributed by atoms with Crippen LogP contribution in [0.25, 0.3) is 17.4 Å². The molecule has 1 heterocycles. The van der Waals surface area contributed by atoms with Gasteiger partial charge in [0.2, 0.25) is 0 Å². The van der Waals surface area contributed by atoms with Crippen molar-refractivity contribution in [1.82, 2.24) is 0 Å². The molecule has 1 atom stereocenters. The van der Waals surface area contributed by atoms with Gasteiger partial charge in [-0.15, -0.1) is 0 Å². The first kappa shape index (κ1) is 35.1. The number of benzene rings is 2. The van der Waals surface area contributed by atoms with Crippen LogP contribution in [0.4, 0.5) is 0 Å². The highest BCUT2D eigenvalue weighted by Gasteiger charge is 2.41. The molecule has 0 bridgehead atoms. The van der Waals surface area contributed by atoms with Gasteiger partial charge in [-0.25, -0.2) is 0 Å². The third-order valence-electron chi connectivity index (χ3n) is 10.2. The molecule has 0 amide bonds. The Hall–Kier alpha value is -2.36. The molecule has 2 nitrogen and oxygen atoms in total. The topological polar surface area (TPSA) is 22.4 Å². The highest BCUT2D eigenvalue weighted by atomic mass is 28.4. The lowest BCUT2D eigenvalue weighted by atomic mass is 9.69. The Kier molecular flexibility index (Phi) is 11.2. The molecule has 0 fully saturated rings. The van der Waals surface area contributed by atoms with Gasteiger partial charge in [-0.2, -0.15) is 0 Å². The highest BCUT2D eigenvalue weighted by molar-refractivity contribution is 6.74. The van der Waals surface area contributed by atoms with Crippen LogP contribution >= 0.6 is 0 Å². The highest BCUT2D eigenvalue weighted by Crippen LogP contribution is 2.43. The summed E-state index contributed by atoms with van der Waals surface area (Å²) in [4.78, 5) is 0. The molecule has 0 aliphatic rings. The fourth-order valence-corrected chi connectivity index (χ4v) is 7.59.